The van der Waals surface area contributed by atoms with Crippen LogP contribution in [-0.2, 0) is 36.4 Å². The summed E-state index contributed by atoms with van der Waals surface area (Å²) in [5.74, 6) is 0.913. The van der Waals surface area contributed by atoms with Crippen LogP contribution < -0.4 is 37.4 Å². The minimum Gasteiger partial charge on any atom is -0.387 e. The number of thioether (sulfide) groups is 1. The van der Waals surface area contributed by atoms with E-state index in [0.29, 0.717) is 32.5 Å². The number of carbonyl (C=O) groups is 2. The molecule has 29 heteroatoms. The van der Waals surface area contributed by atoms with Crippen molar-refractivity contribution < 1.29 is 66.1 Å². The molecule has 0 aliphatic carbocycles. The number of nitrogen functional groups attached to an aromatic ring is 1. The number of rotatable bonds is 25. The van der Waals surface area contributed by atoms with E-state index >= 15 is 0 Å². The molecule has 13 N–H and O–H groups in total. The second-order valence-corrected chi connectivity index (χ2v) is 19.4. The van der Waals surface area contributed by atoms with Gasteiger partial charge in [0.15, 0.2) is 17.7 Å². The lowest BCUT2D eigenvalue weighted by molar-refractivity contribution is -0.121. The molecule has 5 rings (SSSR count). The number of unbranched alkanes of at least 4 members (excludes halogenated alkanes) is 1. The van der Waals surface area contributed by atoms with E-state index in [-0.39, 0.29) is 52.8 Å². The van der Waals surface area contributed by atoms with E-state index in [1.54, 1.807) is 11.8 Å². The van der Waals surface area contributed by atoms with Crippen LogP contribution in [0.4, 0.5) is 10.6 Å². The fraction of sp³-hybridized carbons (Fsp3) is 0.750. The van der Waals surface area contributed by atoms with Gasteiger partial charge in [-0.2, -0.15) is 20.4 Å². The van der Waals surface area contributed by atoms with Crippen molar-refractivity contribution in [3.8, 4) is 0 Å². The standard InChI is InChI=1S/C28H50N11O14P3S/c29-25-22-26(34-15-33-25)39(16-35-22)27-24(42)23(41)18(51-27)13-50-55(46,47)53-56(48,49)52-54(44,45)36-12-4-10-31-8-2-1-7-30-9-3-11-32-20(40)6-5-19-21-17(14-57-19)37-28(43)38-21/h15-19,21,23-24,27,30-31,41-42H,1-14H2,(H,32,40)(H,46,47)(H,48,49)(H2,29,33,34)(H2,36,44,45)(H2,37,38,43)/t17-,18+,19-,21-,23?,24-,27+/m0/s1. The summed E-state index contributed by atoms with van der Waals surface area (Å²) in [6, 6.07) is 0.0947. The smallest absolute Gasteiger partial charge is 0.387 e. The van der Waals surface area contributed by atoms with Gasteiger partial charge in [-0.25, -0.2) is 38.5 Å². The average Bonchev–Trinajstić information content (AvgIpc) is 3.89. The van der Waals surface area contributed by atoms with Gasteiger partial charge in [0.1, 0.15) is 30.2 Å². The molecule has 322 valence electrons. The Bertz CT molecular complexity index is 1820. The highest BCUT2D eigenvalue weighted by Crippen LogP contribution is 2.66. The third-order valence-corrected chi connectivity index (χ3v) is 15.0. The fourth-order valence-electron chi connectivity index (χ4n) is 6.29. The van der Waals surface area contributed by atoms with E-state index in [4.69, 9.17) is 10.5 Å². The summed E-state index contributed by atoms with van der Waals surface area (Å²) < 4.78 is 56.8. The fourth-order valence-corrected chi connectivity index (χ4v) is 11.5. The molecule has 0 aromatic carbocycles. The topological polar surface area (TPSA) is 365 Å². The highest BCUT2D eigenvalue weighted by molar-refractivity contribution is 8.00. The molecule has 25 nitrogen and oxygen atoms in total. The Morgan fingerprint density at radius 3 is 2.39 bits per heavy atom. The predicted molar refractivity (Wildman–Crippen MR) is 203 cm³/mol. The van der Waals surface area contributed by atoms with Crippen LogP contribution >= 0.6 is 35.2 Å². The van der Waals surface area contributed by atoms with Crippen LogP contribution in [0.5, 0.6) is 0 Å². The van der Waals surface area contributed by atoms with E-state index in [2.05, 4.69) is 59.8 Å². The lowest BCUT2D eigenvalue weighted by Crippen LogP contribution is -2.37. The first-order valence-electron chi connectivity index (χ1n) is 18.2. The van der Waals surface area contributed by atoms with Crippen molar-refractivity contribution in [1.29, 1.82) is 0 Å². The van der Waals surface area contributed by atoms with Crippen molar-refractivity contribution in [2.24, 2.45) is 0 Å². The Morgan fingerprint density at radius 2 is 1.65 bits per heavy atom. The molecule has 3 aliphatic heterocycles. The summed E-state index contributed by atoms with van der Waals surface area (Å²) in [4.78, 5) is 65.4. The number of amides is 3. The first-order chi connectivity index (χ1) is 27.0. The van der Waals surface area contributed by atoms with E-state index in [0.717, 1.165) is 50.9 Å². The van der Waals surface area contributed by atoms with Gasteiger partial charge >= 0.3 is 29.4 Å². The van der Waals surface area contributed by atoms with Crippen LogP contribution in [0.3, 0.4) is 0 Å². The number of phosphoric ester groups is 1. The maximum Gasteiger partial charge on any atom is 0.489 e. The normalized spacial score (nSPS) is 27.7. The van der Waals surface area contributed by atoms with Gasteiger partial charge in [-0.1, -0.05) is 0 Å². The van der Waals surface area contributed by atoms with Gasteiger partial charge < -0.3 is 61.9 Å². The zero-order valence-electron chi connectivity index (χ0n) is 30.6. The molecule has 0 saturated carbocycles. The number of hydrogen-bond acceptors (Lipinski definition) is 18. The SMILES string of the molecule is Nc1ncnc2c1ncn2[C@@H]1O[C@H](COP(=O)(O)OP(=O)(O)OP(=O)(O)NCCCNCCCCNCCCNC(=O)CC[C@@H]2SC[C@@H]3NC(=O)N[C@@H]32)C(O)[C@@H]1O. The Labute approximate surface area is 331 Å². The lowest BCUT2D eigenvalue weighted by Gasteiger charge is -2.20. The van der Waals surface area contributed by atoms with Crippen LogP contribution in [0.2, 0.25) is 0 Å². The number of hydrogen-bond donors (Lipinski definition) is 12. The first-order valence-corrected chi connectivity index (χ1v) is 23.8. The van der Waals surface area contributed by atoms with Crippen molar-refractivity contribution in [3.05, 3.63) is 12.7 Å². The Balaban J connectivity index is 0.860. The highest BCUT2D eigenvalue weighted by atomic mass is 32.2. The third-order valence-electron chi connectivity index (χ3n) is 9.07. The summed E-state index contributed by atoms with van der Waals surface area (Å²) in [5.41, 5.74) is 6.11. The molecule has 0 bridgehead atoms. The monoisotopic (exact) mass is 889 g/mol. The number of ether oxygens (including phenoxy) is 1. The molecule has 3 saturated heterocycles. The van der Waals surface area contributed by atoms with Crippen LogP contribution in [0.1, 0.15) is 44.8 Å². The molecule has 10 atom stereocenters. The van der Waals surface area contributed by atoms with Crippen molar-refractivity contribution in [3.63, 3.8) is 0 Å². The summed E-state index contributed by atoms with van der Waals surface area (Å²) in [5, 5.41) is 38.5. The molecule has 0 spiro atoms. The molecule has 4 unspecified atom stereocenters. The largest absolute Gasteiger partial charge is 0.489 e. The lowest BCUT2D eigenvalue weighted by atomic mass is 10.0. The van der Waals surface area contributed by atoms with E-state index in [9.17, 15) is 48.2 Å². The quantitative estimate of drug-likeness (QED) is 0.0315. The number of urea groups is 1. The average molecular weight is 890 g/mol. The van der Waals surface area contributed by atoms with E-state index in [1.165, 1.54) is 10.9 Å². The van der Waals surface area contributed by atoms with Crippen LogP contribution in [-0.4, -0.2) is 144 Å². The van der Waals surface area contributed by atoms with E-state index in [1.807, 2.05) is 0 Å². The number of phosphoric acid groups is 2. The third kappa shape index (κ3) is 13.6. The number of carbonyl (C=O) groups excluding carboxylic acids is 2. The second kappa shape index (κ2) is 20.8. The van der Waals surface area contributed by atoms with Crippen molar-refractivity contribution >= 4 is 64.1 Å². The van der Waals surface area contributed by atoms with Crippen LogP contribution in [0.15, 0.2) is 12.7 Å². The van der Waals surface area contributed by atoms with Crippen molar-refractivity contribution in [1.82, 2.24) is 51.2 Å². The molecular formula is C28H50N11O14P3S. The van der Waals surface area contributed by atoms with E-state index < -0.39 is 54.5 Å². The molecule has 57 heavy (non-hydrogen) atoms. The molecule has 0 radical (unpaired) electrons. The van der Waals surface area contributed by atoms with Gasteiger partial charge in [0, 0.05) is 30.5 Å². The minimum atomic E-state index is -5.67. The number of aromatic nitrogens is 4. The van der Waals surface area contributed by atoms with Crippen molar-refractivity contribution in [2.75, 3.05) is 57.4 Å². The number of nitrogens with one attached hydrogen (secondary N) is 6. The molecule has 3 aliphatic rings. The summed E-state index contributed by atoms with van der Waals surface area (Å²) in [7, 11) is -16.1. The number of nitrogens with zero attached hydrogens (tertiary/aromatic N) is 4. The van der Waals surface area contributed by atoms with Gasteiger partial charge in [-0.05, 0) is 58.3 Å². The number of nitrogens with two attached hydrogens (primary N) is 1. The molecule has 5 heterocycles. The van der Waals surface area contributed by atoms with Gasteiger partial charge in [-0.3, -0.25) is 13.9 Å². The predicted octanol–water partition coefficient (Wildman–Crippen LogP) is -1.23. The Morgan fingerprint density at radius 1 is 0.947 bits per heavy atom. The number of aliphatic hydroxyl groups excluding tert-OH is 2. The molecule has 3 fully saturated rings. The van der Waals surface area contributed by atoms with Gasteiger partial charge in [-0.15, -0.1) is 0 Å². The maximum absolute atomic E-state index is 12.4. The number of fused-ring (bicyclic) bond motifs is 2. The zero-order valence-corrected chi connectivity index (χ0v) is 34.1. The second-order valence-electron chi connectivity index (χ2n) is 13.4. The zero-order chi connectivity index (χ0) is 41.2. The van der Waals surface area contributed by atoms with Crippen LogP contribution in [0.25, 0.3) is 11.2 Å². The number of anilines is 1. The molecular weight excluding hydrogens is 839 g/mol. The first kappa shape index (κ1) is 45.7. The number of imidazole rings is 1. The Kier molecular flexibility index (Phi) is 16.7. The minimum absolute atomic E-state index is 0.00539. The van der Waals surface area contributed by atoms with Gasteiger partial charge in [0.05, 0.1) is 25.0 Å². The summed E-state index contributed by atoms with van der Waals surface area (Å²) in [6.45, 7) is 2.15. The van der Waals surface area contributed by atoms with Crippen LogP contribution in [0, 0.1) is 0 Å². The molecule has 2 aromatic heterocycles. The summed E-state index contributed by atoms with van der Waals surface area (Å²) >= 11 is 1.78. The highest BCUT2D eigenvalue weighted by Gasteiger charge is 2.47. The van der Waals surface area contributed by atoms with Crippen molar-refractivity contribution in [2.45, 2.75) is 80.4 Å². The maximum atomic E-state index is 12.4. The Hall–Kier alpha value is -2.35. The van der Waals surface area contributed by atoms with Gasteiger partial charge in [0.2, 0.25) is 5.91 Å². The molecule has 3 amide bonds. The summed E-state index contributed by atoms with van der Waals surface area (Å²) in [6.07, 6.45) is 0.325. The number of aliphatic hydroxyl groups is 2. The molecule has 2 aromatic rings. The van der Waals surface area contributed by atoms with Gasteiger partial charge in [0.25, 0.3) is 0 Å².